The molecule has 4 aromatic rings. The standard InChI is InChI=1S/C28H30ClN3S/c1-4-23-24(22-11-10-18(2)19(3)16-22)25-26(30-28(29)31-27(25)33-23)32-14-12-21(13-15-32)17-20-8-6-5-7-9-20/h5-11,16,21H,4,12-15,17H2,1-3H3. The highest BCUT2D eigenvalue weighted by Gasteiger charge is 2.26. The summed E-state index contributed by atoms with van der Waals surface area (Å²) in [6, 6.07) is 17.6. The maximum atomic E-state index is 6.43. The van der Waals surface area contributed by atoms with E-state index in [0.29, 0.717) is 11.2 Å². The van der Waals surface area contributed by atoms with E-state index in [4.69, 9.17) is 16.6 Å². The van der Waals surface area contributed by atoms with Crippen molar-refractivity contribution < 1.29 is 0 Å². The molecule has 2 aromatic carbocycles. The van der Waals surface area contributed by atoms with Gasteiger partial charge in [-0.2, -0.15) is 4.98 Å². The van der Waals surface area contributed by atoms with Gasteiger partial charge in [-0.15, -0.1) is 11.3 Å². The third kappa shape index (κ3) is 4.51. The molecule has 0 saturated carbocycles. The van der Waals surface area contributed by atoms with E-state index in [1.165, 1.54) is 50.9 Å². The van der Waals surface area contributed by atoms with Gasteiger partial charge >= 0.3 is 0 Å². The van der Waals surface area contributed by atoms with Crippen LogP contribution in [-0.4, -0.2) is 23.1 Å². The molecule has 2 aromatic heterocycles. The predicted octanol–water partition coefficient (Wildman–Crippen LogP) is 7.65. The SMILES string of the molecule is CCc1sc2nc(Cl)nc(N3CCC(Cc4ccccc4)CC3)c2c1-c1ccc(C)c(C)c1. The highest BCUT2D eigenvalue weighted by Crippen LogP contribution is 2.44. The van der Waals surface area contributed by atoms with Crippen molar-refractivity contribution in [1.29, 1.82) is 0 Å². The Morgan fingerprint density at radius 3 is 2.45 bits per heavy atom. The molecule has 1 saturated heterocycles. The molecule has 0 amide bonds. The quantitative estimate of drug-likeness (QED) is 0.277. The van der Waals surface area contributed by atoms with Gasteiger partial charge in [-0.25, -0.2) is 4.98 Å². The number of aromatic nitrogens is 2. The van der Waals surface area contributed by atoms with E-state index < -0.39 is 0 Å². The monoisotopic (exact) mass is 475 g/mol. The summed E-state index contributed by atoms with van der Waals surface area (Å²) in [4.78, 5) is 14.2. The van der Waals surface area contributed by atoms with E-state index in [2.05, 4.69) is 79.2 Å². The van der Waals surface area contributed by atoms with Crippen LogP contribution >= 0.6 is 22.9 Å². The van der Waals surface area contributed by atoms with Crippen molar-refractivity contribution in [3.05, 3.63) is 75.4 Å². The van der Waals surface area contributed by atoms with E-state index in [9.17, 15) is 0 Å². The number of nitrogens with zero attached hydrogens (tertiary/aromatic N) is 3. The summed E-state index contributed by atoms with van der Waals surface area (Å²) >= 11 is 8.19. The van der Waals surface area contributed by atoms with Crippen molar-refractivity contribution >= 4 is 39.0 Å². The fourth-order valence-electron chi connectivity index (χ4n) is 4.98. The molecule has 5 rings (SSSR count). The number of hydrogen-bond donors (Lipinski definition) is 0. The van der Waals surface area contributed by atoms with Crippen LogP contribution in [-0.2, 0) is 12.8 Å². The summed E-state index contributed by atoms with van der Waals surface area (Å²) in [5.41, 5.74) is 6.61. The molecule has 0 N–H and O–H groups in total. The molecule has 0 aliphatic carbocycles. The van der Waals surface area contributed by atoms with Gasteiger partial charge < -0.3 is 4.90 Å². The van der Waals surface area contributed by atoms with Crippen LogP contribution in [0.25, 0.3) is 21.3 Å². The molecule has 3 nitrogen and oxygen atoms in total. The minimum absolute atomic E-state index is 0.347. The lowest BCUT2D eigenvalue weighted by Crippen LogP contribution is -2.35. The molecule has 5 heteroatoms. The second-order valence-corrected chi connectivity index (χ2v) is 10.6. The zero-order valence-corrected chi connectivity index (χ0v) is 21.1. The van der Waals surface area contributed by atoms with Crippen molar-refractivity contribution in [3.63, 3.8) is 0 Å². The van der Waals surface area contributed by atoms with Crippen LogP contribution in [0.4, 0.5) is 5.82 Å². The first kappa shape index (κ1) is 22.4. The lowest BCUT2D eigenvalue weighted by atomic mass is 9.90. The van der Waals surface area contributed by atoms with Crippen LogP contribution in [0.15, 0.2) is 48.5 Å². The van der Waals surface area contributed by atoms with Gasteiger partial charge in [-0.1, -0.05) is 55.5 Å². The summed E-state index contributed by atoms with van der Waals surface area (Å²) < 4.78 is 0. The zero-order valence-electron chi connectivity index (χ0n) is 19.6. The van der Waals surface area contributed by atoms with Gasteiger partial charge in [0.1, 0.15) is 10.6 Å². The largest absolute Gasteiger partial charge is 0.356 e. The smallest absolute Gasteiger partial charge is 0.225 e. The molecule has 1 fully saturated rings. The van der Waals surface area contributed by atoms with Gasteiger partial charge in [-0.05, 0) is 79.3 Å². The van der Waals surface area contributed by atoms with E-state index in [1.807, 2.05) is 0 Å². The second-order valence-electron chi connectivity index (χ2n) is 9.17. The number of anilines is 1. The van der Waals surface area contributed by atoms with Gasteiger partial charge in [-0.3, -0.25) is 0 Å². The third-order valence-corrected chi connectivity index (χ3v) is 8.37. The first-order chi connectivity index (χ1) is 16.0. The number of fused-ring (bicyclic) bond motifs is 1. The van der Waals surface area contributed by atoms with Gasteiger partial charge in [0.2, 0.25) is 5.28 Å². The molecular formula is C28H30ClN3S. The molecule has 33 heavy (non-hydrogen) atoms. The Balaban J connectivity index is 1.51. The number of piperidine rings is 1. The second kappa shape index (κ2) is 9.44. The van der Waals surface area contributed by atoms with Crippen LogP contribution in [0.1, 0.15) is 41.3 Å². The maximum Gasteiger partial charge on any atom is 0.225 e. The van der Waals surface area contributed by atoms with Crippen LogP contribution in [0.3, 0.4) is 0 Å². The Morgan fingerprint density at radius 1 is 1.00 bits per heavy atom. The summed E-state index contributed by atoms with van der Waals surface area (Å²) in [6.45, 7) is 8.58. The fraction of sp³-hybridized carbons (Fsp3) is 0.357. The molecule has 1 aliphatic heterocycles. The highest BCUT2D eigenvalue weighted by atomic mass is 35.5. The van der Waals surface area contributed by atoms with Crippen molar-refractivity contribution in [1.82, 2.24) is 9.97 Å². The minimum atomic E-state index is 0.347. The van der Waals surface area contributed by atoms with Crippen molar-refractivity contribution in [3.8, 4) is 11.1 Å². The van der Waals surface area contributed by atoms with E-state index in [-0.39, 0.29) is 0 Å². The maximum absolute atomic E-state index is 6.43. The number of aryl methyl sites for hydroxylation is 3. The number of halogens is 1. The van der Waals surface area contributed by atoms with Crippen LogP contribution in [0.2, 0.25) is 5.28 Å². The van der Waals surface area contributed by atoms with Gasteiger partial charge in [0.25, 0.3) is 0 Å². The van der Waals surface area contributed by atoms with Crippen LogP contribution in [0.5, 0.6) is 0 Å². The Labute approximate surface area is 205 Å². The molecule has 170 valence electrons. The number of thiophene rings is 1. The Kier molecular flexibility index (Phi) is 6.40. The predicted molar refractivity (Wildman–Crippen MR) is 142 cm³/mol. The lowest BCUT2D eigenvalue weighted by molar-refractivity contribution is 0.403. The van der Waals surface area contributed by atoms with Crippen LogP contribution < -0.4 is 4.90 Å². The molecule has 1 aliphatic rings. The Bertz CT molecular complexity index is 1270. The average molecular weight is 476 g/mol. The Hall–Kier alpha value is -2.43. The molecule has 0 bridgehead atoms. The summed E-state index contributed by atoms with van der Waals surface area (Å²) in [6.07, 6.45) is 4.46. The van der Waals surface area contributed by atoms with Crippen molar-refractivity contribution in [2.24, 2.45) is 5.92 Å². The number of rotatable bonds is 5. The summed E-state index contributed by atoms with van der Waals surface area (Å²) in [7, 11) is 0. The van der Waals surface area contributed by atoms with Gasteiger partial charge in [0.15, 0.2) is 0 Å². The number of hydrogen-bond acceptors (Lipinski definition) is 4. The topological polar surface area (TPSA) is 29.0 Å². The minimum Gasteiger partial charge on any atom is -0.356 e. The van der Waals surface area contributed by atoms with Gasteiger partial charge in [0, 0.05) is 23.5 Å². The molecule has 3 heterocycles. The van der Waals surface area contributed by atoms with E-state index in [0.717, 1.165) is 36.6 Å². The normalized spacial score (nSPS) is 14.8. The molecular weight excluding hydrogens is 446 g/mol. The summed E-state index contributed by atoms with van der Waals surface area (Å²) in [5, 5.41) is 1.52. The molecule has 0 atom stereocenters. The fourth-order valence-corrected chi connectivity index (χ4v) is 6.32. The highest BCUT2D eigenvalue weighted by molar-refractivity contribution is 7.19. The first-order valence-electron chi connectivity index (χ1n) is 11.9. The van der Waals surface area contributed by atoms with E-state index in [1.54, 1.807) is 11.3 Å². The van der Waals surface area contributed by atoms with Crippen molar-refractivity contribution in [2.75, 3.05) is 18.0 Å². The third-order valence-electron chi connectivity index (χ3n) is 6.98. The van der Waals surface area contributed by atoms with E-state index >= 15 is 0 Å². The van der Waals surface area contributed by atoms with Crippen molar-refractivity contribution in [2.45, 2.75) is 46.5 Å². The number of benzene rings is 2. The zero-order chi connectivity index (χ0) is 22.9. The first-order valence-corrected chi connectivity index (χ1v) is 13.1. The summed E-state index contributed by atoms with van der Waals surface area (Å²) in [5.74, 6) is 1.72. The van der Waals surface area contributed by atoms with Crippen LogP contribution in [0, 0.1) is 19.8 Å². The Morgan fingerprint density at radius 2 is 1.76 bits per heavy atom. The van der Waals surface area contributed by atoms with Gasteiger partial charge in [0.05, 0.1) is 5.39 Å². The lowest BCUT2D eigenvalue weighted by Gasteiger charge is -2.33. The molecule has 0 radical (unpaired) electrons. The average Bonchev–Trinajstić information content (AvgIpc) is 3.20. The molecule has 0 unspecified atom stereocenters. The molecule has 0 spiro atoms.